The van der Waals surface area contributed by atoms with Crippen LogP contribution in [0.2, 0.25) is 0 Å². The van der Waals surface area contributed by atoms with Crippen molar-refractivity contribution < 1.29 is 14.7 Å². The van der Waals surface area contributed by atoms with E-state index in [4.69, 9.17) is 0 Å². The Morgan fingerprint density at radius 3 is 1.92 bits per heavy atom. The summed E-state index contributed by atoms with van der Waals surface area (Å²) in [6.07, 6.45) is 0. The summed E-state index contributed by atoms with van der Waals surface area (Å²) in [6.45, 7) is 1.87. The van der Waals surface area contributed by atoms with Gasteiger partial charge in [0.25, 0.3) is 11.8 Å². The van der Waals surface area contributed by atoms with Crippen LogP contribution in [0.15, 0.2) is 48.5 Å². The van der Waals surface area contributed by atoms with Gasteiger partial charge in [0.05, 0.1) is 5.56 Å². The molecule has 26 heavy (non-hydrogen) atoms. The molecule has 2 aromatic rings. The number of carbonyl (C=O) groups is 2. The fraction of sp³-hybridized carbons (Fsp3) is 0.300. The fourth-order valence-corrected chi connectivity index (χ4v) is 3.02. The highest BCUT2D eigenvalue weighted by Gasteiger charge is 2.26. The molecular formula is C20H23N3O3. The van der Waals surface area contributed by atoms with Crippen LogP contribution >= 0.6 is 0 Å². The van der Waals surface area contributed by atoms with Gasteiger partial charge in [-0.05, 0) is 36.4 Å². The Bertz CT molecular complexity index is 794. The van der Waals surface area contributed by atoms with Gasteiger partial charge in [-0.2, -0.15) is 0 Å². The van der Waals surface area contributed by atoms with Crippen LogP contribution in [0.5, 0.6) is 5.75 Å². The molecule has 0 bridgehead atoms. The van der Waals surface area contributed by atoms with Gasteiger partial charge in [0.2, 0.25) is 0 Å². The zero-order valence-electron chi connectivity index (χ0n) is 15.1. The zero-order valence-corrected chi connectivity index (χ0v) is 15.1. The number of phenols is 1. The molecule has 136 valence electrons. The van der Waals surface area contributed by atoms with Crippen molar-refractivity contribution in [3.63, 3.8) is 0 Å². The van der Waals surface area contributed by atoms with E-state index in [9.17, 15) is 14.7 Å². The first-order chi connectivity index (χ1) is 12.5. The van der Waals surface area contributed by atoms with E-state index in [1.165, 1.54) is 6.07 Å². The van der Waals surface area contributed by atoms with Gasteiger partial charge < -0.3 is 19.8 Å². The normalized spacial score (nSPS) is 14.2. The maximum atomic E-state index is 12.7. The van der Waals surface area contributed by atoms with Crippen molar-refractivity contribution in [1.29, 1.82) is 0 Å². The number of anilines is 1. The van der Waals surface area contributed by atoms with Crippen molar-refractivity contribution in [2.24, 2.45) is 0 Å². The van der Waals surface area contributed by atoms with E-state index in [1.54, 1.807) is 28.0 Å². The number of benzene rings is 2. The molecular weight excluding hydrogens is 330 g/mol. The molecule has 0 radical (unpaired) electrons. The Morgan fingerprint density at radius 2 is 1.38 bits per heavy atom. The maximum Gasteiger partial charge on any atom is 0.257 e. The summed E-state index contributed by atoms with van der Waals surface area (Å²) < 4.78 is 0. The number of hydrogen-bond acceptors (Lipinski definition) is 4. The van der Waals surface area contributed by atoms with E-state index in [1.807, 2.05) is 43.3 Å². The van der Waals surface area contributed by atoms with Gasteiger partial charge in [-0.15, -0.1) is 0 Å². The van der Waals surface area contributed by atoms with Gasteiger partial charge >= 0.3 is 0 Å². The number of amides is 2. The van der Waals surface area contributed by atoms with E-state index in [0.29, 0.717) is 37.3 Å². The van der Waals surface area contributed by atoms with Crippen LogP contribution < -0.4 is 4.90 Å². The SMILES string of the molecule is CN(C)c1ccc(C(=O)N2CCN(C(=O)c3ccccc3O)CC2)cc1. The second-order valence-electron chi connectivity index (χ2n) is 6.54. The highest BCUT2D eigenvalue weighted by molar-refractivity contribution is 5.97. The van der Waals surface area contributed by atoms with Crippen molar-refractivity contribution in [3.8, 4) is 5.75 Å². The lowest BCUT2D eigenvalue weighted by atomic mass is 10.1. The minimum Gasteiger partial charge on any atom is -0.507 e. The van der Waals surface area contributed by atoms with Gasteiger partial charge in [-0.3, -0.25) is 9.59 Å². The Kier molecular flexibility index (Phi) is 5.11. The van der Waals surface area contributed by atoms with E-state index >= 15 is 0 Å². The van der Waals surface area contributed by atoms with Gasteiger partial charge in [-0.1, -0.05) is 12.1 Å². The lowest BCUT2D eigenvalue weighted by Gasteiger charge is -2.35. The molecule has 2 aromatic carbocycles. The van der Waals surface area contributed by atoms with Crippen molar-refractivity contribution in [2.45, 2.75) is 0 Å². The number of phenolic OH excluding ortho intramolecular Hbond substituents is 1. The summed E-state index contributed by atoms with van der Waals surface area (Å²) in [5.41, 5.74) is 1.99. The smallest absolute Gasteiger partial charge is 0.257 e. The average molecular weight is 353 g/mol. The zero-order chi connectivity index (χ0) is 18.7. The first-order valence-corrected chi connectivity index (χ1v) is 8.61. The van der Waals surface area contributed by atoms with Crippen LogP contribution in [-0.4, -0.2) is 67.0 Å². The van der Waals surface area contributed by atoms with Gasteiger partial charge in [0.15, 0.2) is 0 Å². The molecule has 1 fully saturated rings. The molecule has 3 rings (SSSR count). The number of rotatable bonds is 3. The Balaban J connectivity index is 1.62. The second-order valence-corrected chi connectivity index (χ2v) is 6.54. The minimum absolute atomic E-state index is 0.0167. The number of piperazine rings is 1. The summed E-state index contributed by atoms with van der Waals surface area (Å²) in [7, 11) is 3.91. The molecule has 1 heterocycles. The second kappa shape index (κ2) is 7.47. The van der Waals surface area contributed by atoms with Crippen molar-refractivity contribution in [1.82, 2.24) is 9.80 Å². The largest absolute Gasteiger partial charge is 0.507 e. The van der Waals surface area contributed by atoms with Crippen molar-refractivity contribution in [2.75, 3.05) is 45.2 Å². The third-order valence-corrected chi connectivity index (χ3v) is 4.62. The summed E-state index contributed by atoms with van der Waals surface area (Å²) in [4.78, 5) is 30.6. The van der Waals surface area contributed by atoms with Gasteiger partial charge in [0.1, 0.15) is 5.75 Å². The molecule has 1 aliphatic rings. The predicted octanol–water partition coefficient (Wildman–Crippen LogP) is 2.06. The molecule has 6 heteroatoms. The number of para-hydroxylation sites is 1. The quantitative estimate of drug-likeness (QED) is 0.917. The third kappa shape index (κ3) is 3.64. The number of carbonyl (C=O) groups excluding carboxylic acids is 2. The molecule has 1 aliphatic heterocycles. The summed E-state index contributed by atoms with van der Waals surface area (Å²) in [5, 5.41) is 9.85. The molecule has 6 nitrogen and oxygen atoms in total. The molecule has 0 atom stereocenters. The summed E-state index contributed by atoms with van der Waals surface area (Å²) in [5.74, 6) is -0.243. The molecule has 0 spiro atoms. The number of hydrogen-bond donors (Lipinski definition) is 1. The van der Waals surface area contributed by atoms with E-state index in [2.05, 4.69) is 0 Å². The van der Waals surface area contributed by atoms with Crippen LogP contribution in [0.3, 0.4) is 0 Å². The summed E-state index contributed by atoms with van der Waals surface area (Å²) >= 11 is 0. The molecule has 0 aliphatic carbocycles. The van der Waals surface area contributed by atoms with Crippen LogP contribution in [0, 0.1) is 0 Å². The molecule has 1 N–H and O–H groups in total. The van der Waals surface area contributed by atoms with Gasteiger partial charge in [-0.25, -0.2) is 0 Å². The Labute approximate surface area is 153 Å². The lowest BCUT2D eigenvalue weighted by Crippen LogP contribution is -2.50. The van der Waals surface area contributed by atoms with Crippen LogP contribution in [0.4, 0.5) is 5.69 Å². The average Bonchev–Trinajstić information content (AvgIpc) is 2.67. The molecule has 1 saturated heterocycles. The summed E-state index contributed by atoms with van der Waals surface area (Å²) in [6, 6.07) is 14.0. The molecule has 0 aromatic heterocycles. The van der Waals surface area contributed by atoms with Crippen LogP contribution in [0.25, 0.3) is 0 Å². The standard InChI is InChI=1S/C20H23N3O3/c1-21(2)16-9-7-15(8-10-16)19(25)22-11-13-23(14-12-22)20(26)17-5-3-4-6-18(17)24/h3-10,24H,11-14H2,1-2H3. The maximum absolute atomic E-state index is 12.7. The lowest BCUT2D eigenvalue weighted by molar-refractivity contribution is 0.0533. The Morgan fingerprint density at radius 1 is 0.846 bits per heavy atom. The highest BCUT2D eigenvalue weighted by Crippen LogP contribution is 2.19. The van der Waals surface area contributed by atoms with Gasteiger partial charge in [0, 0.05) is 51.5 Å². The third-order valence-electron chi connectivity index (χ3n) is 4.62. The first kappa shape index (κ1) is 17.8. The molecule has 0 saturated carbocycles. The van der Waals surface area contributed by atoms with Crippen molar-refractivity contribution >= 4 is 17.5 Å². The first-order valence-electron chi connectivity index (χ1n) is 8.61. The van der Waals surface area contributed by atoms with Crippen LogP contribution in [-0.2, 0) is 0 Å². The van der Waals surface area contributed by atoms with E-state index < -0.39 is 0 Å². The fourth-order valence-electron chi connectivity index (χ4n) is 3.02. The molecule has 0 unspecified atom stereocenters. The van der Waals surface area contributed by atoms with E-state index in [0.717, 1.165) is 5.69 Å². The monoisotopic (exact) mass is 353 g/mol. The predicted molar refractivity (Wildman–Crippen MR) is 101 cm³/mol. The highest BCUT2D eigenvalue weighted by atomic mass is 16.3. The topological polar surface area (TPSA) is 64.1 Å². The van der Waals surface area contributed by atoms with E-state index in [-0.39, 0.29) is 17.6 Å². The van der Waals surface area contributed by atoms with Crippen molar-refractivity contribution in [3.05, 3.63) is 59.7 Å². The minimum atomic E-state index is -0.203. The molecule has 2 amide bonds. The Hall–Kier alpha value is -3.02. The number of nitrogens with zero attached hydrogens (tertiary/aromatic N) is 3. The van der Waals surface area contributed by atoms with Crippen LogP contribution in [0.1, 0.15) is 20.7 Å². The number of aromatic hydroxyl groups is 1.